The summed E-state index contributed by atoms with van der Waals surface area (Å²) in [5, 5.41) is 0. The number of hydrogen-bond donors (Lipinski definition) is 1. The van der Waals surface area contributed by atoms with E-state index in [2.05, 4.69) is 0 Å². The van der Waals surface area contributed by atoms with Crippen molar-refractivity contribution in [2.75, 3.05) is 0 Å². The van der Waals surface area contributed by atoms with Crippen LogP contribution in [0.1, 0.15) is 20.9 Å². The van der Waals surface area contributed by atoms with Crippen molar-refractivity contribution in [1.82, 2.24) is 0 Å². The minimum atomic E-state index is -0.685. The van der Waals surface area contributed by atoms with Gasteiger partial charge in [0, 0.05) is 11.1 Å². The van der Waals surface area contributed by atoms with Crippen molar-refractivity contribution < 1.29 is 23.1 Å². The molecule has 2 N–H and O–H groups in total. The van der Waals surface area contributed by atoms with Crippen LogP contribution in [0, 0.1) is 5.82 Å². The Morgan fingerprint density at radius 3 is 2.21 bits per heavy atom. The molecular formula is C18H12FNO4. The minimum absolute atomic E-state index is 0.00769. The van der Waals surface area contributed by atoms with E-state index in [-0.39, 0.29) is 17.3 Å². The van der Waals surface area contributed by atoms with E-state index in [0.717, 1.165) is 0 Å². The van der Waals surface area contributed by atoms with Crippen LogP contribution in [-0.2, 0) is 0 Å². The summed E-state index contributed by atoms with van der Waals surface area (Å²) in [5.74, 6) is -0.925. The molecule has 3 rings (SSSR count). The van der Waals surface area contributed by atoms with Gasteiger partial charge in [-0.2, -0.15) is 0 Å². The summed E-state index contributed by atoms with van der Waals surface area (Å²) in [5.41, 5.74) is 6.09. The molecule has 0 bridgehead atoms. The molecule has 0 spiro atoms. The second-order valence-corrected chi connectivity index (χ2v) is 4.95. The van der Waals surface area contributed by atoms with Crippen molar-refractivity contribution in [2.45, 2.75) is 0 Å². The van der Waals surface area contributed by atoms with Crippen molar-refractivity contribution in [3.63, 3.8) is 0 Å². The van der Waals surface area contributed by atoms with E-state index in [9.17, 15) is 14.0 Å². The number of amides is 1. The normalized spacial score (nSPS) is 10.4. The highest BCUT2D eigenvalue weighted by Gasteiger charge is 2.15. The van der Waals surface area contributed by atoms with E-state index in [4.69, 9.17) is 14.9 Å². The second kappa shape index (κ2) is 6.37. The van der Waals surface area contributed by atoms with Crippen LogP contribution in [-0.4, -0.2) is 11.9 Å². The van der Waals surface area contributed by atoms with Gasteiger partial charge in [0.1, 0.15) is 17.3 Å². The molecule has 2 aromatic carbocycles. The van der Waals surface area contributed by atoms with Gasteiger partial charge in [-0.3, -0.25) is 4.79 Å². The van der Waals surface area contributed by atoms with Gasteiger partial charge in [0.25, 0.3) is 0 Å². The second-order valence-electron chi connectivity index (χ2n) is 4.95. The number of esters is 1. The fourth-order valence-electron chi connectivity index (χ4n) is 2.06. The van der Waals surface area contributed by atoms with Gasteiger partial charge in [0.15, 0.2) is 0 Å². The fourth-order valence-corrected chi connectivity index (χ4v) is 2.06. The lowest BCUT2D eigenvalue weighted by molar-refractivity contribution is 0.0702. The zero-order valence-corrected chi connectivity index (χ0v) is 12.4. The highest BCUT2D eigenvalue weighted by Crippen LogP contribution is 2.23. The summed E-state index contributed by atoms with van der Waals surface area (Å²) in [6.45, 7) is 0. The average molecular weight is 325 g/mol. The first-order chi connectivity index (χ1) is 11.5. The van der Waals surface area contributed by atoms with Crippen molar-refractivity contribution in [1.29, 1.82) is 0 Å². The van der Waals surface area contributed by atoms with Gasteiger partial charge in [-0.05, 0) is 60.7 Å². The molecular weight excluding hydrogens is 313 g/mol. The van der Waals surface area contributed by atoms with Crippen LogP contribution in [0.25, 0.3) is 11.3 Å². The van der Waals surface area contributed by atoms with Gasteiger partial charge in [0.05, 0.1) is 0 Å². The number of carbonyl (C=O) groups is 2. The summed E-state index contributed by atoms with van der Waals surface area (Å²) >= 11 is 0. The molecule has 3 aromatic rings. The van der Waals surface area contributed by atoms with Crippen molar-refractivity contribution in [3.8, 4) is 17.1 Å². The first-order valence-electron chi connectivity index (χ1n) is 7.01. The Hall–Kier alpha value is -3.41. The molecule has 0 saturated carbocycles. The monoisotopic (exact) mass is 325 g/mol. The summed E-state index contributed by atoms with van der Waals surface area (Å²) in [7, 11) is 0. The molecule has 1 amide bonds. The molecule has 0 radical (unpaired) electrons. The van der Waals surface area contributed by atoms with Gasteiger partial charge in [0.2, 0.25) is 11.7 Å². The maximum Gasteiger partial charge on any atom is 0.379 e. The van der Waals surface area contributed by atoms with Gasteiger partial charge in [-0.15, -0.1) is 0 Å². The molecule has 0 aliphatic rings. The molecule has 120 valence electrons. The summed E-state index contributed by atoms with van der Waals surface area (Å²) in [4.78, 5) is 23.1. The number of furan rings is 1. The quantitative estimate of drug-likeness (QED) is 0.588. The zero-order chi connectivity index (χ0) is 17.1. The standard InChI is InChI=1S/C18H12FNO4/c19-13-5-1-11(2-6-13)15-9-10-16(24-15)18(22)23-14-7-3-12(4-8-14)17(20)21/h1-10H,(H2,20,21). The number of halogens is 1. The van der Waals surface area contributed by atoms with E-state index in [1.54, 1.807) is 18.2 Å². The minimum Gasteiger partial charge on any atom is -0.449 e. The molecule has 0 saturated heterocycles. The van der Waals surface area contributed by atoms with E-state index >= 15 is 0 Å². The summed E-state index contributed by atoms with van der Waals surface area (Å²) in [6.07, 6.45) is 0. The van der Waals surface area contributed by atoms with Crippen LogP contribution in [0.15, 0.2) is 65.1 Å². The third-order valence-corrected chi connectivity index (χ3v) is 3.29. The predicted octanol–water partition coefficient (Wildman–Crippen LogP) is 3.40. The molecule has 0 aliphatic heterocycles. The Labute approximate surface area is 136 Å². The topological polar surface area (TPSA) is 82.5 Å². The number of benzene rings is 2. The fraction of sp³-hybridized carbons (Fsp3) is 0. The lowest BCUT2D eigenvalue weighted by Gasteiger charge is -2.03. The third kappa shape index (κ3) is 3.33. The number of hydrogen-bond acceptors (Lipinski definition) is 4. The van der Waals surface area contributed by atoms with Gasteiger partial charge >= 0.3 is 5.97 Å². The lowest BCUT2D eigenvalue weighted by Crippen LogP contribution is -2.11. The summed E-state index contributed by atoms with van der Waals surface area (Å²) < 4.78 is 23.5. The Bertz CT molecular complexity index is 882. The van der Waals surface area contributed by atoms with Crippen LogP contribution >= 0.6 is 0 Å². The van der Waals surface area contributed by atoms with Crippen molar-refractivity contribution in [3.05, 3.63) is 77.8 Å². The van der Waals surface area contributed by atoms with Gasteiger partial charge in [-0.1, -0.05) is 0 Å². The van der Waals surface area contributed by atoms with Crippen molar-refractivity contribution >= 4 is 11.9 Å². The molecule has 0 fully saturated rings. The third-order valence-electron chi connectivity index (χ3n) is 3.29. The van der Waals surface area contributed by atoms with Crippen molar-refractivity contribution in [2.24, 2.45) is 5.73 Å². The smallest absolute Gasteiger partial charge is 0.379 e. The van der Waals surface area contributed by atoms with Crippen LogP contribution in [0.4, 0.5) is 4.39 Å². The highest BCUT2D eigenvalue weighted by molar-refractivity contribution is 5.93. The molecule has 6 heteroatoms. The van der Waals surface area contributed by atoms with Gasteiger partial charge in [-0.25, -0.2) is 9.18 Å². The first-order valence-corrected chi connectivity index (χ1v) is 7.01. The molecule has 1 aromatic heterocycles. The Morgan fingerprint density at radius 2 is 1.58 bits per heavy atom. The zero-order valence-electron chi connectivity index (χ0n) is 12.4. The van der Waals surface area contributed by atoms with E-state index in [1.807, 2.05) is 0 Å². The number of rotatable bonds is 4. The van der Waals surface area contributed by atoms with E-state index in [1.165, 1.54) is 42.5 Å². The Morgan fingerprint density at radius 1 is 0.917 bits per heavy atom. The molecule has 0 unspecified atom stereocenters. The average Bonchev–Trinajstić information content (AvgIpc) is 3.06. The molecule has 0 atom stereocenters. The Balaban J connectivity index is 1.73. The van der Waals surface area contributed by atoms with Crippen LogP contribution in [0.3, 0.4) is 0 Å². The molecule has 5 nitrogen and oxygen atoms in total. The van der Waals surface area contributed by atoms with E-state index < -0.39 is 11.9 Å². The van der Waals surface area contributed by atoms with Crippen LogP contribution in [0.2, 0.25) is 0 Å². The predicted molar refractivity (Wildman–Crippen MR) is 84.0 cm³/mol. The molecule has 24 heavy (non-hydrogen) atoms. The first kappa shape index (κ1) is 15.5. The summed E-state index contributed by atoms with van der Waals surface area (Å²) in [6, 6.07) is 14.6. The molecule has 1 heterocycles. The lowest BCUT2D eigenvalue weighted by atomic mass is 10.2. The maximum atomic E-state index is 12.9. The molecule has 0 aliphatic carbocycles. The highest BCUT2D eigenvalue weighted by atomic mass is 19.1. The number of nitrogens with two attached hydrogens (primary N) is 1. The number of primary amides is 1. The number of carbonyl (C=O) groups excluding carboxylic acids is 2. The number of ether oxygens (including phenoxy) is 1. The largest absolute Gasteiger partial charge is 0.449 e. The maximum absolute atomic E-state index is 12.9. The van der Waals surface area contributed by atoms with Crippen LogP contribution in [0.5, 0.6) is 5.75 Å². The Kier molecular flexibility index (Phi) is 4.11. The SMILES string of the molecule is NC(=O)c1ccc(OC(=O)c2ccc(-c3ccc(F)cc3)o2)cc1. The van der Waals surface area contributed by atoms with Crippen LogP contribution < -0.4 is 10.5 Å². The van der Waals surface area contributed by atoms with Gasteiger partial charge < -0.3 is 14.9 Å². The van der Waals surface area contributed by atoms with E-state index in [0.29, 0.717) is 16.9 Å².